The first-order valence-corrected chi connectivity index (χ1v) is 11.5. The van der Waals surface area contributed by atoms with E-state index in [0.29, 0.717) is 0 Å². The van der Waals surface area contributed by atoms with Gasteiger partial charge in [0.1, 0.15) is 0 Å². The van der Waals surface area contributed by atoms with Crippen molar-refractivity contribution in [1.82, 2.24) is 24.7 Å². The molecule has 2 aliphatic rings. The standard InChI is InChI=1S/C23H33N5OS/c1-4-27-17(2)16-19(18(27)3)22-21(20-8-5-6-9-24-20)25-23(30)28(22)11-7-10-26-12-14-29-15-13-26/h5-6,8-9,16,21-22H,4,7,10-15H2,1-3H3,(H,25,30)/t21-,22-/m0/s1. The second kappa shape index (κ2) is 9.45. The number of nitrogens with one attached hydrogen (secondary N) is 1. The maximum absolute atomic E-state index is 5.82. The number of pyridine rings is 1. The molecule has 0 radical (unpaired) electrons. The van der Waals surface area contributed by atoms with Gasteiger partial charge in [0.25, 0.3) is 0 Å². The van der Waals surface area contributed by atoms with Crippen LogP contribution in [0.3, 0.4) is 0 Å². The SMILES string of the molecule is CCn1c(C)cc([C@H]2[C@H](c3ccccn3)NC(=S)N2CCCN2CCOCC2)c1C. The molecule has 0 saturated carbocycles. The highest BCUT2D eigenvalue weighted by molar-refractivity contribution is 7.80. The number of rotatable bonds is 7. The Morgan fingerprint density at radius 1 is 1.20 bits per heavy atom. The summed E-state index contributed by atoms with van der Waals surface area (Å²) in [5.41, 5.74) is 5.02. The summed E-state index contributed by atoms with van der Waals surface area (Å²) in [5, 5.41) is 4.42. The van der Waals surface area contributed by atoms with Crippen molar-refractivity contribution in [1.29, 1.82) is 0 Å². The van der Waals surface area contributed by atoms with E-state index in [2.05, 4.69) is 63.6 Å². The predicted molar refractivity (Wildman–Crippen MR) is 124 cm³/mol. The topological polar surface area (TPSA) is 45.6 Å². The number of hydrogen-bond acceptors (Lipinski definition) is 4. The fraction of sp³-hybridized carbons (Fsp3) is 0.565. The number of ether oxygens (including phenoxy) is 1. The second-order valence-electron chi connectivity index (χ2n) is 8.20. The Morgan fingerprint density at radius 3 is 2.67 bits per heavy atom. The van der Waals surface area contributed by atoms with Crippen molar-refractivity contribution >= 4 is 17.3 Å². The first-order valence-electron chi connectivity index (χ1n) is 11.0. The summed E-state index contributed by atoms with van der Waals surface area (Å²) in [6.07, 6.45) is 2.95. The number of aromatic nitrogens is 2. The third-order valence-electron chi connectivity index (χ3n) is 6.42. The molecule has 4 heterocycles. The van der Waals surface area contributed by atoms with E-state index in [9.17, 15) is 0 Å². The Hall–Kier alpha value is -1.96. The van der Waals surface area contributed by atoms with E-state index in [1.54, 1.807) is 0 Å². The molecule has 2 aromatic rings. The maximum Gasteiger partial charge on any atom is 0.170 e. The van der Waals surface area contributed by atoms with Gasteiger partial charge in [0, 0.05) is 50.3 Å². The third kappa shape index (κ3) is 4.24. The molecule has 0 aromatic carbocycles. The maximum atomic E-state index is 5.82. The summed E-state index contributed by atoms with van der Waals surface area (Å²) in [5.74, 6) is 0. The van der Waals surface area contributed by atoms with Crippen molar-refractivity contribution in [2.45, 2.75) is 45.8 Å². The molecule has 1 N–H and O–H groups in total. The van der Waals surface area contributed by atoms with Crippen molar-refractivity contribution in [2.24, 2.45) is 0 Å². The Kier molecular flexibility index (Phi) is 6.71. The van der Waals surface area contributed by atoms with Gasteiger partial charge in [-0.3, -0.25) is 9.88 Å². The number of hydrogen-bond donors (Lipinski definition) is 1. The van der Waals surface area contributed by atoms with Gasteiger partial charge in [0.15, 0.2) is 5.11 Å². The smallest absolute Gasteiger partial charge is 0.170 e. The number of aryl methyl sites for hydroxylation is 1. The average Bonchev–Trinajstić information content (AvgIpc) is 3.24. The minimum Gasteiger partial charge on any atom is -0.379 e. The van der Waals surface area contributed by atoms with Gasteiger partial charge in [-0.15, -0.1) is 0 Å². The van der Waals surface area contributed by atoms with Crippen LogP contribution in [0, 0.1) is 13.8 Å². The van der Waals surface area contributed by atoms with Gasteiger partial charge in [0.05, 0.1) is 31.0 Å². The molecule has 2 aliphatic heterocycles. The van der Waals surface area contributed by atoms with Gasteiger partial charge in [-0.05, 0) is 63.2 Å². The zero-order valence-corrected chi connectivity index (χ0v) is 19.1. The van der Waals surface area contributed by atoms with Gasteiger partial charge in [-0.1, -0.05) is 6.07 Å². The summed E-state index contributed by atoms with van der Waals surface area (Å²) >= 11 is 5.82. The molecular formula is C23H33N5OS. The molecule has 2 aromatic heterocycles. The molecule has 162 valence electrons. The molecule has 2 saturated heterocycles. The molecule has 0 aliphatic carbocycles. The van der Waals surface area contributed by atoms with E-state index < -0.39 is 0 Å². The van der Waals surface area contributed by atoms with Crippen LogP contribution >= 0.6 is 12.2 Å². The van der Waals surface area contributed by atoms with Gasteiger partial charge < -0.3 is 19.5 Å². The molecule has 2 fully saturated rings. The van der Waals surface area contributed by atoms with Crippen molar-refractivity contribution in [3.63, 3.8) is 0 Å². The summed E-state index contributed by atoms with van der Waals surface area (Å²) < 4.78 is 7.87. The quantitative estimate of drug-likeness (QED) is 0.685. The molecule has 6 nitrogen and oxygen atoms in total. The Labute approximate surface area is 185 Å². The van der Waals surface area contributed by atoms with Crippen molar-refractivity contribution in [2.75, 3.05) is 39.4 Å². The minimum absolute atomic E-state index is 0.0629. The van der Waals surface area contributed by atoms with Gasteiger partial charge in [-0.25, -0.2) is 0 Å². The molecule has 2 atom stereocenters. The van der Waals surface area contributed by atoms with Crippen LogP contribution < -0.4 is 5.32 Å². The van der Waals surface area contributed by atoms with Crippen LogP contribution in [-0.2, 0) is 11.3 Å². The minimum atomic E-state index is 0.0629. The van der Waals surface area contributed by atoms with Crippen LogP contribution in [0.4, 0.5) is 0 Å². The summed E-state index contributed by atoms with van der Waals surface area (Å²) in [6.45, 7) is 13.4. The second-order valence-corrected chi connectivity index (χ2v) is 8.58. The Morgan fingerprint density at radius 2 is 2.00 bits per heavy atom. The lowest BCUT2D eigenvalue weighted by molar-refractivity contribution is 0.0365. The Bertz CT molecular complexity index is 862. The van der Waals surface area contributed by atoms with Crippen molar-refractivity contribution in [3.05, 3.63) is 53.1 Å². The van der Waals surface area contributed by atoms with Crippen LogP contribution in [0.15, 0.2) is 30.5 Å². The highest BCUT2D eigenvalue weighted by atomic mass is 32.1. The van der Waals surface area contributed by atoms with E-state index in [4.69, 9.17) is 17.0 Å². The molecule has 0 spiro atoms. The van der Waals surface area contributed by atoms with Gasteiger partial charge in [-0.2, -0.15) is 0 Å². The van der Waals surface area contributed by atoms with Crippen LogP contribution in [0.5, 0.6) is 0 Å². The van der Waals surface area contributed by atoms with E-state index in [0.717, 1.165) is 63.2 Å². The molecule has 30 heavy (non-hydrogen) atoms. The average molecular weight is 428 g/mol. The van der Waals surface area contributed by atoms with Crippen LogP contribution in [-0.4, -0.2) is 63.9 Å². The molecule has 0 bridgehead atoms. The van der Waals surface area contributed by atoms with Gasteiger partial charge >= 0.3 is 0 Å². The first kappa shape index (κ1) is 21.3. The zero-order valence-electron chi connectivity index (χ0n) is 18.3. The molecular weight excluding hydrogens is 394 g/mol. The summed E-state index contributed by atoms with van der Waals surface area (Å²) in [4.78, 5) is 9.54. The molecule has 0 amide bonds. The Balaban J connectivity index is 1.59. The lowest BCUT2D eigenvalue weighted by Crippen LogP contribution is -2.39. The van der Waals surface area contributed by atoms with Crippen molar-refractivity contribution in [3.8, 4) is 0 Å². The van der Waals surface area contributed by atoms with Crippen molar-refractivity contribution < 1.29 is 4.74 Å². The van der Waals surface area contributed by atoms with Gasteiger partial charge in [0.2, 0.25) is 0 Å². The van der Waals surface area contributed by atoms with Crippen LogP contribution in [0.25, 0.3) is 0 Å². The lowest BCUT2D eigenvalue weighted by Gasteiger charge is -2.30. The fourth-order valence-electron chi connectivity index (χ4n) is 4.89. The molecule has 4 rings (SSSR count). The normalized spacial score (nSPS) is 22.5. The van der Waals surface area contributed by atoms with E-state index >= 15 is 0 Å². The summed E-state index contributed by atoms with van der Waals surface area (Å²) in [6, 6.07) is 8.68. The largest absolute Gasteiger partial charge is 0.379 e. The summed E-state index contributed by atoms with van der Waals surface area (Å²) in [7, 11) is 0. The van der Waals surface area contributed by atoms with E-state index in [1.165, 1.54) is 17.0 Å². The van der Waals surface area contributed by atoms with Crippen LogP contribution in [0.1, 0.15) is 48.1 Å². The monoisotopic (exact) mass is 427 g/mol. The fourth-order valence-corrected chi connectivity index (χ4v) is 5.22. The van der Waals surface area contributed by atoms with E-state index in [-0.39, 0.29) is 12.1 Å². The first-order chi connectivity index (χ1) is 14.6. The zero-order chi connectivity index (χ0) is 21.1. The molecule has 7 heteroatoms. The lowest BCUT2D eigenvalue weighted by atomic mass is 9.96. The number of morpholine rings is 1. The number of nitrogens with zero attached hydrogens (tertiary/aromatic N) is 4. The highest BCUT2D eigenvalue weighted by Gasteiger charge is 2.41. The predicted octanol–water partition coefficient (Wildman–Crippen LogP) is 3.21. The molecule has 0 unspecified atom stereocenters. The number of thiocarbonyl (C=S) groups is 1. The van der Waals surface area contributed by atoms with E-state index in [1.807, 2.05) is 12.3 Å². The van der Waals surface area contributed by atoms with Crippen LogP contribution in [0.2, 0.25) is 0 Å². The highest BCUT2D eigenvalue weighted by Crippen LogP contribution is 2.40. The third-order valence-corrected chi connectivity index (χ3v) is 6.77.